The lowest BCUT2D eigenvalue weighted by atomic mass is 10.2. The Hall–Kier alpha value is -2.64. The van der Waals surface area contributed by atoms with Gasteiger partial charge in [-0.05, 0) is 19.9 Å². The van der Waals surface area contributed by atoms with Crippen molar-refractivity contribution in [1.29, 1.82) is 0 Å². The van der Waals surface area contributed by atoms with Crippen molar-refractivity contribution in [2.75, 3.05) is 13.1 Å². The van der Waals surface area contributed by atoms with Gasteiger partial charge in [0.1, 0.15) is 13.1 Å². The molecule has 0 fully saturated rings. The van der Waals surface area contributed by atoms with E-state index in [2.05, 4.69) is 5.10 Å². The molecule has 0 aromatic carbocycles. The fourth-order valence-electron chi connectivity index (χ4n) is 1.85. The number of nitrogens with zero attached hydrogens (tertiary/aromatic N) is 3. The van der Waals surface area contributed by atoms with Gasteiger partial charge >= 0.3 is 5.97 Å². The van der Waals surface area contributed by atoms with Crippen LogP contribution in [0.15, 0.2) is 6.08 Å². The van der Waals surface area contributed by atoms with Crippen LogP contribution >= 0.6 is 0 Å². The second-order valence-electron chi connectivity index (χ2n) is 4.60. The van der Waals surface area contributed by atoms with Gasteiger partial charge in [0, 0.05) is 24.4 Å². The highest BCUT2D eigenvalue weighted by molar-refractivity contribution is 5.96. The molecular weight excluding hydrogens is 276 g/mol. The Morgan fingerprint density at radius 1 is 1.33 bits per heavy atom. The van der Waals surface area contributed by atoms with E-state index in [9.17, 15) is 14.4 Å². The number of aliphatic carboxylic acids is 1. The van der Waals surface area contributed by atoms with Crippen molar-refractivity contribution >= 4 is 23.9 Å². The molecular formula is C13H18N4O4. The molecule has 0 radical (unpaired) electrons. The number of aromatic nitrogens is 2. The topological polar surface area (TPSA) is 119 Å². The lowest BCUT2D eigenvalue weighted by Gasteiger charge is -2.16. The van der Waals surface area contributed by atoms with Gasteiger partial charge < -0.3 is 15.7 Å². The number of hydrogen-bond acceptors (Lipinski definition) is 4. The number of carbonyl (C=O) groups excluding carboxylic acids is 2. The van der Waals surface area contributed by atoms with Crippen molar-refractivity contribution in [3.63, 3.8) is 0 Å². The summed E-state index contributed by atoms with van der Waals surface area (Å²) in [6.07, 6.45) is 2.76. The third-order valence-electron chi connectivity index (χ3n) is 2.94. The fraction of sp³-hybridized carbons (Fsp3) is 0.385. The number of primary amides is 1. The van der Waals surface area contributed by atoms with Gasteiger partial charge in [-0.1, -0.05) is 0 Å². The molecule has 0 saturated carbocycles. The van der Waals surface area contributed by atoms with E-state index < -0.39 is 30.9 Å². The molecule has 114 valence electrons. The molecule has 1 aromatic heterocycles. The lowest BCUT2D eigenvalue weighted by Crippen LogP contribution is -2.40. The van der Waals surface area contributed by atoms with E-state index in [4.69, 9.17) is 10.8 Å². The molecule has 2 amide bonds. The molecule has 0 spiro atoms. The van der Waals surface area contributed by atoms with E-state index in [0.29, 0.717) is 0 Å². The molecule has 1 rings (SSSR count). The second-order valence-corrected chi connectivity index (χ2v) is 4.60. The zero-order chi connectivity index (χ0) is 16.2. The van der Waals surface area contributed by atoms with Gasteiger partial charge in [-0.25, -0.2) is 0 Å². The van der Waals surface area contributed by atoms with Crippen molar-refractivity contribution in [2.45, 2.75) is 13.8 Å². The van der Waals surface area contributed by atoms with Gasteiger partial charge in [0.05, 0.1) is 5.69 Å². The van der Waals surface area contributed by atoms with Crippen LogP contribution in [0.4, 0.5) is 0 Å². The number of amides is 2. The van der Waals surface area contributed by atoms with Crippen molar-refractivity contribution in [3.8, 4) is 0 Å². The predicted molar refractivity (Wildman–Crippen MR) is 75.1 cm³/mol. The SMILES string of the molecule is Cc1nn(C)c(C)c1/C=C/C(=O)N(CC(N)=O)CC(=O)O. The second kappa shape index (κ2) is 6.69. The normalized spacial score (nSPS) is 10.8. The number of carbonyl (C=O) groups is 3. The smallest absolute Gasteiger partial charge is 0.323 e. The summed E-state index contributed by atoms with van der Waals surface area (Å²) in [4.78, 5) is 34.4. The first kappa shape index (κ1) is 16.4. The van der Waals surface area contributed by atoms with Crippen LogP contribution in [-0.4, -0.2) is 50.7 Å². The maximum atomic E-state index is 12.0. The van der Waals surface area contributed by atoms with Gasteiger partial charge in [-0.2, -0.15) is 5.10 Å². The Kier molecular flexibility index (Phi) is 5.23. The molecule has 0 bridgehead atoms. The first-order valence-corrected chi connectivity index (χ1v) is 6.19. The summed E-state index contributed by atoms with van der Waals surface area (Å²) in [5, 5.41) is 12.9. The predicted octanol–water partition coefficient (Wildman–Crippen LogP) is -0.551. The molecule has 0 aliphatic carbocycles. The maximum Gasteiger partial charge on any atom is 0.323 e. The molecule has 8 nitrogen and oxygen atoms in total. The van der Waals surface area contributed by atoms with Crippen LogP contribution in [0.2, 0.25) is 0 Å². The number of hydrogen-bond donors (Lipinski definition) is 2. The molecule has 0 atom stereocenters. The van der Waals surface area contributed by atoms with Gasteiger partial charge in [0.15, 0.2) is 0 Å². The Bertz CT molecular complexity index is 588. The van der Waals surface area contributed by atoms with E-state index in [1.807, 2.05) is 6.92 Å². The number of aryl methyl sites for hydroxylation is 2. The molecule has 8 heteroatoms. The van der Waals surface area contributed by atoms with Crippen LogP contribution in [0.1, 0.15) is 17.0 Å². The summed E-state index contributed by atoms with van der Waals surface area (Å²) < 4.78 is 1.68. The fourth-order valence-corrected chi connectivity index (χ4v) is 1.85. The Morgan fingerprint density at radius 3 is 2.38 bits per heavy atom. The van der Waals surface area contributed by atoms with Crippen LogP contribution in [0, 0.1) is 13.8 Å². The van der Waals surface area contributed by atoms with E-state index >= 15 is 0 Å². The van der Waals surface area contributed by atoms with E-state index in [1.54, 1.807) is 24.7 Å². The molecule has 0 aliphatic heterocycles. The molecule has 21 heavy (non-hydrogen) atoms. The largest absolute Gasteiger partial charge is 0.480 e. The Morgan fingerprint density at radius 2 is 1.95 bits per heavy atom. The highest BCUT2D eigenvalue weighted by Crippen LogP contribution is 2.13. The molecule has 0 saturated heterocycles. The molecule has 3 N–H and O–H groups in total. The molecule has 0 aliphatic rings. The van der Waals surface area contributed by atoms with E-state index in [1.165, 1.54) is 6.08 Å². The zero-order valence-electron chi connectivity index (χ0n) is 12.2. The van der Waals surface area contributed by atoms with Crippen LogP contribution in [-0.2, 0) is 21.4 Å². The summed E-state index contributed by atoms with van der Waals surface area (Å²) in [7, 11) is 1.78. The minimum Gasteiger partial charge on any atom is -0.480 e. The quantitative estimate of drug-likeness (QED) is 0.682. The highest BCUT2D eigenvalue weighted by Gasteiger charge is 2.17. The van der Waals surface area contributed by atoms with Crippen LogP contribution in [0.3, 0.4) is 0 Å². The first-order chi connectivity index (χ1) is 9.72. The number of carboxylic acids is 1. The van der Waals surface area contributed by atoms with Crippen molar-refractivity contribution < 1.29 is 19.5 Å². The third kappa shape index (κ3) is 4.44. The van der Waals surface area contributed by atoms with Gasteiger partial charge in [0.2, 0.25) is 11.8 Å². The standard InChI is InChI=1S/C13H18N4O4/c1-8-10(9(2)16(3)15-8)4-5-12(19)17(6-11(14)18)7-13(20)21/h4-5H,6-7H2,1-3H3,(H2,14,18)(H,20,21)/b5-4+. The third-order valence-corrected chi connectivity index (χ3v) is 2.94. The van der Waals surface area contributed by atoms with Crippen molar-refractivity contribution in [1.82, 2.24) is 14.7 Å². The van der Waals surface area contributed by atoms with Crippen molar-refractivity contribution in [3.05, 3.63) is 23.0 Å². The number of carboxylic acid groups (broad SMARTS) is 1. The van der Waals surface area contributed by atoms with Gasteiger partial charge in [-0.3, -0.25) is 19.1 Å². The van der Waals surface area contributed by atoms with Crippen molar-refractivity contribution in [2.24, 2.45) is 12.8 Å². The average molecular weight is 294 g/mol. The average Bonchev–Trinajstić information content (AvgIpc) is 2.59. The minimum atomic E-state index is -1.22. The summed E-state index contributed by atoms with van der Waals surface area (Å²) in [6, 6.07) is 0. The van der Waals surface area contributed by atoms with Gasteiger partial charge in [0.25, 0.3) is 0 Å². The Labute approximate surface area is 121 Å². The summed E-state index contributed by atoms with van der Waals surface area (Å²) >= 11 is 0. The Balaban J connectivity index is 2.92. The van der Waals surface area contributed by atoms with Crippen LogP contribution in [0.5, 0.6) is 0 Å². The number of rotatable bonds is 6. The maximum absolute atomic E-state index is 12.0. The monoisotopic (exact) mass is 294 g/mol. The minimum absolute atomic E-state index is 0.444. The van der Waals surface area contributed by atoms with Gasteiger partial charge in [-0.15, -0.1) is 0 Å². The number of nitrogens with two attached hydrogens (primary N) is 1. The summed E-state index contributed by atoms with van der Waals surface area (Å²) in [5.74, 6) is -2.59. The van der Waals surface area contributed by atoms with E-state index in [-0.39, 0.29) is 0 Å². The van der Waals surface area contributed by atoms with Crippen LogP contribution in [0.25, 0.3) is 6.08 Å². The lowest BCUT2D eigenvalue weighted by molar-refractivity contribution is -0.143. The first-order valence-electron chi connectivity index (χ1n) is 6.19. The highest BCUT2D eigenvalue weighted by atomic mass is 16.4. The zero-order valence-corrected chi connectivity index (χ0v) is 12.2. The molecule has 1 aromatic rings. The van der Waals surface area contributed by atoms with Crippen LogP contribution < -0.4 is 5.73 Å². The summed E-state index contributed by atoms with van der Waals surface area (Å²) in [5.41, 5.74) is 7.40. The summed E-state index contributed by atoms with van der Waals surface area (Å²) in [6.45, 7) is 2.62. The molecule has 1 heterocycles. The van der Waals surface area contributed by atoms with E-state index in [0.717, 1.165) is 21.9 Å². The molecule has 0 unspecified atom stereocenters.